The topological polar surface area (TPSA) is 24.5 Å². The van der Waals surface area contributed by atoms with E-state index in [-0.39, 0.29) is 16.5 Å². The third-order valence-electron chi connectivity index (χ3n) is 5.89. The lowest BCUT2D eigenvalue weighted by molar-refractivity contribution is 0.159. The maximum Gasteiger partial charge on any atom is 0.193 e. The molecule has 1 N–H and O–H groups in total. The number of benzene rings is 1. The fraction of sp³-hybridized carbons (Fsp3) is 0.684. The van der Waals surface area contributed by atoms with E-state index < -0.39 is 8.32 Å². The van der Waals surface area contributed by atoms with E-state index in [0.29, 0.717) is 0 Å². The molecule has 0 bridgehead atoms. The number of hydrogen-bond acceptors (Lipinski definition) is 3. The first-order valence-corrected chi connectivity index (χ1v) is 12.0. The van der Waals surface area contributed by atoms with Gasteiger partial charge in [-0.05, 0) is 48.7 Å². The maximum atomic E-state index is 14.4. The predicted molar refractivity (Wildman–Crippen MR) is 101 cm³/mol. The second kappa shape index (κ2) is 6.11. The number of anilines is 1. The molecule has 24 heavy (non-hydrogen) atoms. The van der Waals surface area contributed by atoms with Gasteiger partial charge in [0.1, 0.15) is 5.82 Å². The maximum absolute atomic E-state index is 14.4. The third kappa shape index (κ3) is 3.39. The average Bonchev–Trinajstić information content (AvgIpc) is 3.27. The van der Waals surface area contributed by atoms with Crippen molar-refractivity contribution in [1.29, 1.82) is 0 Å². The van der Waals surface area contributed by atoms with Gasteiger partial charge >= 0.3 is 0 Å². The molecule has 1 aliphatic carbocycles. The summed E-state index contributed by atoms with van der Waals surface area (Å²) in [5.41, 5.74) is 1.71. The summed E-state index contributed by atoms with van der Waals surface area (Å²) in [5.74, 6) is -0.122. The van der Waals surface area contributed by atoms with E-state index in [9.17, 15) is 4.39 Å². The molecular formula is C19H31FN2OSi. The Morgan fingerprint density at radius 3 is 2.33 bits per heavy atom. The lowest BCUT2D eigenvalue weighted by Crippen LogP contribution is -2.44. The highest BCUT2D eigenvalue weighted by molar-refractivity contribution is 6.74. The van der Waals surface area contributed by atoms with Gasteiger partial charge in [-0.15, -0.1) is 0 Å². The van der Waals surface area contributed by atoms with E-state index in [1.54, 1.807) is 6.07 Å². The Morgan fingerprint density at radius 1 is 1.17 bits per heavy atom. The summed E-state index contributed by atoms with van der Waals surface area (Å²) in [6, 6.07) is 5.60. The van der Waals surface area contributed by atoms with E-state index in [2.05, 4.69) is 44.1 Å². The van der Waals surface area contributed by atoms with Crippen molar-refractivity contribution in [2.45, 2.75) is 57.3 Å². The predicted octanol–water partition coefficient (Wildman–Crippen LogP) is 4.25. The highest BCUT2D eigenvalue weighted by Crippen LogP contribution is 2.54. The Hall–Kier alpha value is -0.913. The zero-order valence-electron chi connectivity index (χ0n) is 15.7. The Bertz CT molecular complexity index is 602. The van der Waals surface area contributed by atoms with Gasteiger partial charge in [0.05, 0.1) is 11.3 Å². The summed E-state index contributed by atoms with van der Waals surface area (Å²) in [4.78, 5) is 2.15. The van der Waals surface area contributed by atoms with Crippen LogP contribution in [0.4, 0.5) is 10.1 Å². The molecule has 1 aromatic carbocycles. The molecule has 5 heteroatoms. The van der Waals surface area contributed by atoms with Crippen molar-refractivity contribution in [3.05, 3.63) is 29.6 Å². The van der Waals surface area contributed by atoms with E-state index in [1.807, 2.05) is 12.1 Å². The molecular weight excluding hydrogens is 319 g/mol. The van der Waals surface area contributed by atoms with Crippen LogP contribution in [0.2, 0.25) is 18.1 Å². The smallest absolute Gasteiger partial charge is 0.193 e. The minimum atomic E-state index is -1.85. The molecule has 1 aliphatic heterocycles. The van der Waals surface area contributed by atoms with E-state index in [0.717, 1.165) is 50.3 Å². The van der Waals surface area contributed by atoms with Crippen molar-refractivity contribution in [3.8, 4) is 0 Å². The van der Waals surface area contributed by atoms with Crippen LogP contribution in [0.5, 0.6) is 0 Å². The minimum Gasteiger partial charge on any atom is -0.407 e. The van der Waals surface area contributed by atoms with Gasteiger partial charge in [-0.3, -0.25) is 0 Å². The molecule has 2 aliphatic rings. The summed E-state index contributed by atoms with van der Waals surface area (Å²) < 4.78 is 21.2. The van der Waals surface area contributed by atoms with Crippen molar-refractivity contribution in [2.75, 3.05) is 31.1 Å². The zero-order valence-corrected chi connectivity index (χ0v) is 16.7. The van der Waals surface area contributed by atoms with Gasteiger partial charge in [0.2, 0.25) is 0 Å². The molecule has 3 rings (SSSR count). The van der Waals surface area contributed by atoms with Crippen LogP contribution >= 0.6 is 0 Å². The summed E-state index contributed by atoms with van der Waals surface area (Å²) >= 11 is 0. The van der Waals surface area contributed by atoms with Gasteiger partial charge in [-0.1, -0.05) is 26.8 Å². The molecule has 3 nitrogen and oxygen atoms in total. The number of nitrogens with one attached hydrogen (secondary N) is 1. The van der Waals surface area contributed by atoms with Crippen LogP contribution in [-0.4, -0.2) is 34.5 Å². The lowest BCUT2D eigenvalue weighted by atomic mass is 10.1. The first-order valence-electron chi connectivity index (χ1n) is 9.11. The van der Waals surface area contributed by atoms with E-state index in [1.165, 1.54) is 0 Å². The fourth-order valence-electron chi connectivity index (χ4n) is 3.15. The number of nitrogens with zero attached hydrogens (tertiary/aromatic N) is 1. The second-order valence-corrected chi connectivity index (χ2v) is 13.5. The summed E-state index contributed by atoms with van der Waals surface area (Å²) in [6.45, 7) is 14.9. The van der Waals surface area contributed by atoms with Crippen LogP contribution in [0.25, 0.3) is 0 Å². The van der Waals surface area contributed by atoms with Crippen LogP contribution in [0, 0.1) is 5.82 Å². The lowest BCUT2D eigenvalue weighted by Gasteiger charge is -2.40. The van der Waals surface area contributed by atoms with Gasteiger partial charge < -0.3 is 14.6 Å². The van der Waals surface area contributed by atoms with Crippen molar-refractivity contribution in [3.63, 3.8) is 0 Å². The van der Waals surface area contributed by atoms with Crippen LogP contribution in [-0.2, 0) is 10.0 Å². The molecule has 1 aromatic rings. The van der Waals surface area contributed by atoms with Gasteiger partial charge in [0.25, 0.3) is 0 Å². The van der Waals surface area contributed by atoms with E-state index >= 15 is 0 Å². The number of rotatable bonds is 4. The monoisotopic (exact) mass is 350 g/mol. The highest BCUT2D eigenvalue weighted by atomic mass is 28.4. The second-order valence-electron chi connectivity index (χ2n) is 8.76. The standard InChI is InChI=1S/C19H31FN2OSi/c1-18(2,3)24(4,5)23-19(8-9-19)15-6-7-16(20)17(14-15)22-12-10-21-11-13-22/h6-7,14,21H,8-13H2,1-5H3. The van der Waals surface area contributed by atoms with E-state index in [4.69, 9.17) is 4.43 Å². The van der Waals surface area contributed by atoms with Crippen molar-refractivity contribution >= 4 is 14.0 Å². The molecule has 0 aromatic heterocycles. The van der Waals surface area contributed by atoms with Gasteiger partial charge in [0, 0.05) is 26.2 Å². The quantitative estimate of drug-likeness (QED) is 0.822. The first kappa shape index (κ1) is 17.9. The third-order valence-corrected chi connectivity index (χ3v) is 10.4. The zero-order chi connectivity index (χ0) is 17.6. The molecule has 0 radical (unpaired) electrons. The molecule has 134 valence electrons. The number of hydrogen-bond donors (Lipinski definition) is 1. The fourth-order valence-corrected chi connectivity index (χ4v) is 4.75. The summed E-state index contributed by atoms with van der Waals surface area (Å²) in [5, 5.41) is 3.51. The molecule has 1 saturated heterocycles. The molecule has 2 fully saturated rings. The number of piperazine rings is 1. The van der Waals surface area contributed by atoms with Crippen LogP contribution in [0.15, 0.2) is 18.2 Å². The van der Waals surface area contributed by atoms with Crippen LogP contribution in [0.3, 0.4) is 0 Å². The summed E-state index contributed by atoms with van der Waals surface area (Å²) in [7, 11) is -1.85. The summed E-state index contributed by atoms with van der Waals surface area (Å²) in [6.07, 6.45) is 2.10. The number of halogens is 1. The Morgan fingerprint density at radius 2 is 1.79 bits per heavy atom. The SMILES string of the molecule is CC(C)(C)[Si](C)(C)OC1(c2ccc(F)c(N3CCNCC3)c2)CC1. The largest absolute Gasteiger partial charge is 0.407 e. The van der Waals surface area contributed by atoms with Crippen LogP contribution in [0.1, 0.15) is 39.2 Å². The first-order chi connectivity index (χ1) is 11.1. The normalized spacial score (nSPS) is 21.0. The van der Waals surface area contributed by atoms with Gasteiger partial charge in [-0.25, -0.2) is 4.39 Å². The Kier molecular flexibility index (Phi) is 4.56. The molecule has 0 spiro atoms. The Labute approximate surface area is 146 Å². The molecule has 0 atom stereocenters. The van der Waals surface area contributed by atoms with Gasteiger partial charge in [-0.2, -0.15) is 0 Å². The average molecular weight is 351 g/mol. The van der Waals surface area contributed by atoms with Crippen molar-refractivity contribution in [2.24, 2.45) is 0 Å². The Balaban J connectivity index is 1.87. The molecule has 1 heterocycles. The molecule has 0 amide bonds. The van der Waals surface area contributed by atoms with Crippen molar-refractivity contribution < 1.29 is 8.82 Å². The van der Waals surface area contributed by atoms with Gasteiger partial charge in [0.15, 0.2) is 8.32 Å². The molecule has 1 saturated carbocycles. The van der Waals surface area contributed by atoms with Crippen molar-refractivity contribution in [1.82, 2.24) is 5.32 Å². The molecule has 0 unspecified atom stereocenters. The van der Waals surface area contributed by atoms with Crippen LogP contribution < -0.4 is 10.2 Å². The highest BCUT2D eigenvalue weighted by Gasteiger charge is 2.52. The minimum absolute atomic E-state index is 0.122.